The van der Waals surface area contributed by atoms with Crippen molar-refractivity contribution in [3.05, 3.63) is 58.3 Å². The number of aromatic nitrogens is 2. The molecule has 0 radical (unpaired) electrons. The number of para-hydroxylation sites is 2. The highest BCUT2D eigenvalue weighted by Gasteiger charge is 2.12. The molecule has 0 saturated heterocycles. The third-order valence-corrected chi connectivity index (χ3v) is 3.94. The number of hydrogen-bond donors (Lipinski definition) is 1. The van der Waals surface area contributed by atoms with Gasteiger partial charge in [-0.15, -0.1) is 0 Å². The van der Waals surface area contributed by atoms with Crippen molar-refractivity contribution in [2.45, 2.75) is 13.2 Å². The quantitative estimate of drug-likeness (QED) is 0.787. The number of halogens is 1. The molecule has 0 unspecified atom stereocenters. The average Bonchev–Trinajstić information content (AvgIpc) is 2.86. The van der Waals surface area contributed by atoms with Gasteiger partial charge < -0.3 is 14.4 Å². The summed E-state index contributed by atoms with van der Waals surface area (Å²) in [5, 5.41) is 9.55. The molecule has 0 aliphatic carbocycles. The number of ether oxygens (including phenoxy) is 1. The van der Waals surface area contributed by atoms with Crippen molar-refractivity contribution >= 4 is 27.0 Å². The first kappa shape index (κ1) is 14.1. The molecule has 1 N–H and O–H groups in total. The van der Waals surface area contributed by atoms with Gasteiger partial charge in [0.2, 0.25) is 0 Å². The maximum absolute atomic E-state index is 9.55. The lowest BCUT2D eigenvalue weighted by molar-refractivity contribution is 0.266. The normalized spacial score (nSPS) is 11.0. The van der Waals surface area contributed by atoms with Crippen LogP contribution in [-0.4, -0.2) is 21.8 Å². The summed E-state index contributed by atoms with van der Waals surface area (Å²) in [4.78, 5) is 4.47. The Hall–Kier alpha value is -1.85. The lowest BCUT2D eigenvalue weighted by Gasteiger charge is -2.12. The second-order valence-corrected chi connectivity index (χ2v) is 5.63. The predicted molar refractivity (Wildman–Crippen MR) is 85.5 cm³/mol. The average molecular weight is 347 g/mol. The van der Waals surface area contributed by atoms with Crippen molar-refractivity contribution in [2.24, 2.45) is 0 Å². The van der Waals surface area contributed by atoms with E-state index in [1.54, 1.807) is 7.11 Å². The Morgan fingerprint density at radius 2 is 2.05 bits per heavy atom. The van der Waals surface area contributed by atoms with Crippen LogP contribution in [0.5, 0.6) is 5.75 Å². The van der Waals surface area contributed by atoms with E-state index in [1.807, 2.05) is 47.0 Å². The second kappa shape index (κ2) is 5.87. The molecule has 1 heterocycles. The highest BCUT2D eigenvalue weighted by Crippen LogP contribution is 2.26. The number of methoxy groups -OCH3 is 1. The van der Waals surface area contributed by atoms with Crippen LogP contribution in [0.25, 0.3) is 11.0 Å². The Morgan fingerprint density at radius 3 is 2.81 bits per heavy atom. The molecule has 0 aliphatic heterocycles. The van der Waals surface area contributed by atoms with Crippen LogP contribution in [0.2, 0.25) is 0 Å². The van der Waals surface area contributed by atoms with Gasteiger partial charge in [-0.1, -0.05) is 28.1 Å². The molecule has 0 fully saturated rings. The molecule has 4 nitrogen and oxygen atoms in total. The minimum Gasteiger partial charge on any atom is -0.496 e. The third kappa shape index (κ3) is 2.66. The molecular weight excluding hydrogens is 332 g/mol. The molecule has 0 bridgehead atoms. The van der Waals surface area contributed by atoms with Gasteiger partial charge in [-0.2, -0.15) is 0 Å². The van der Waals surface area contributed by atoms with Crippen molar-refractivity contribution in [1.29, 1.82) is 0 Å². The van der Waals surface area contributed by atoms with Crippen LogP contribution >= 0.6 is 15.9 Å². The summed E-state index contributed by atoms with van der Waals surface area (Å²) in [6.07, 6.45) is 0. The van der Waals surface area contributed by atoms with Gasteiger partial charge in [0.25, 0.3) is 0 Å². The highest BCUT2D eigenvalue weighted by molar-refractivity contribution is 9.10. The lowest BCUT2D eigenvalue weighted by atomic mass is 10.2. The number of imidazole rings is 1. The fourth-order valence-corrected chi connectivity index (χ4v) is 2.87. The number of fused-ring (bicyclic) bond motifs is 1. The van der Waals surface area contributed by atoms with Crippen molar-refractivity contribution in [1.82, 2.24) is 9.55 Å². The zero-order valence-corrected chi connectivity index (χ0v) is 13.2. The number of aliphatic hydroxyl groups is 1. The SMILES string of the molecule is COc1ccc(Br)cc1Cn1c(CO)nc2ccccc21. The molecular formula is C16H15BrN2O2. The topological polar surface area (TPSA) is 47.3 Å². The molecule has 1 aromatic heterocycles. The van der Waals surface area contributed by atoms with Crippen LogP contribution in [-0.2, 0) is 13.2 Å². The summed E-state index contributed by atoms with van der Waals surface area (Å²) in [6, 6.07) is 13.8. The van der Waals surface area contributed by atoms with Crippen LogP contribution in [0, 0.1) is 0 Å². The van der Waals surface area contributed by atoms with E-state index >= 15 is 0 Å². The molecule has 3 rings (SSSR count). The van der Waals surface area contributed by atoms with Crippen LogP contribution in [0.1, 0.15) is 11.4 Å². The summed E-state index contributed by atoms with van der Waals surface area (Å²) in [5.41, 5.74) is 2.92. The molecule has 0 amide bonds. The maximum Gasteiger partial charge on any atom is 0.136 e. The van der Waals surface area contributed by atoms with Gasteiger partial charge in [-0.05, 0) is 30.3 Å². The van der Waals surface area contributed by atoms with E-state index in [4.69, 9.17) is 4.74 Å². The molecule has 2 aromatic carbocycles. The van der Waals surface area contributed by atoms with Crippen molar-refractivity contribution < 1.29 is 9.84 Å². The fraction of sp³-hybridized carbons (Fsp3) is 0.188. The van der Waals surface area contributed by atoms with Gasteiger partial charge in [0.05, 0.1) is 24.7 Å². The smallest absolute Gasteiger partial charge is 0.136 e. The van der Waals surface area contributed by atoms with Crippen LogP contribution < -0.4 is 4.74 Å². The number of benzene rings is 2. The fourth-order valence-electron chi connectivity index (χ4n) is 2.46. The van der Waals surface area contributed by atoms with Crippen LogP contribution in [0.3, 0.4) is 0 Å². The number of rotatable bonds is 4. The van der Waals surface area contributed by atoms with Crippen LogP contribution in [0.4, 0.5) is 0 Å². The number of nitrogens with zero attached hydrogens (tertiary/aromatic N) is 2. The second-order valence-electron chi connectivity index (χ2n) is 4.72. The largest absolute Gasteiger partial charge is 0.496 e. The van der Waals surface area contributed by atoms with E-state index < -0.39 is 0 Å². The summed E-state index contributed by atoms with van der Waals surface area (Å²) in [5.74, 6) is 1.47. The van der Waals surface area contributed by atoms with Gasteiger partial charge in [0, 0.05) is 10.0 Å². The molecule has 21 heavy (non-hydrogen) atoms. The molecule has 5 heteroatoms. The molecule has 0 atom stereocenters. The van der Waals surface area contributed by atoms with Gasteiger partial charge in [-0.25, -0.2) is 4.98 Å². The first-order valence-electron chi connectivity index (χ1n) is 6.60. The Morgan fingerprint density at radius 1 is 1.24 bits per heavy atom. The van der Waals surface area contributed by atoms with Gasteiger partial charge >= 0.3 is 0 Å². The van der Waals surface area contributed by atoms with Crippen molar-refractivity contribution in [3.8, 4) is 5.75 Å². The first-order valence-corrected chi connectivity index (χ1v) is 7.39. The van der Waals surface area contributed by atoms with E-state index in [-0.39, 0.29) is 6.61 Å². The monoisotopic (exact) mass is 346 g/mol. The molecule has 0 spiro atoms. The summed E-state index contributed by atoms with van der Waals surface area (Å²) in [6.45, 7) is 0.504. The minimum absolute atomic E-state index is 0.0923. The molecule has 3 aromatic rings. The number of aliphatic hydroxyl groups excluding tert-OH is 1. The third-order valence-electron chi connectivity index (χ3n) is 3.45. The molecule has 0 saturated carbocycles. The van der Waals surface area contributed by atoms with Gasteiger partial charge in [-0.3, -0.25) is 0 Å². The highest BCUT2D eigenvalue weighted by atomic mass is 79.9. The summed E-state index contributed by atoms with van der Waals surface area (Å²) >= 11 is 3.49. The van der Waals surface area contributed by atoms with Gasteiger partial charge in [0.15, 0.2) is 0 Å². The minimum atomic E-state index is -0.0923. The van der Waals surface area contributed by atoms with Crippen molar-refractivity contribution in [2.75, 3.05) is 7.11 Å². The summed E-state index contributed by atoms with van der Waals surface area (Å²) < 4.78 is 8.42. The Balaban J connectivity index is 2.11. The number of hydrogen-bond acceptors (Lipinski definition) is 3. The summed E-state index contributed by atoms with van der Waals surface area (Å²) in [7, 11) is 1.66. The van der Waals surface area contributed by atoms with E-state index in [2.05, 4.69) is 20.9 Å². The Bertz CT molecular complexity index is 783. The van der Waals surface area contributed by atoms with E-state index in [9.17, 15) is 5.11 Å². The van der Waals surface area contributed by atoms with E-state index in [1.165, 1.54) is 0 Å². The molecule has 108 valence electrons. The van der Waals surface area contributed by atoms with Crippen LogP contribution in [0.15, 0.2) is 46.9 Å². The lowest BCUT2D eigenvalue weighted by Crippen LogP contribution is -2.06. The predicted octanol–water partition coefficient (Wildman–Crippen LogP) is 3.35. The van der Waals surface area contributed by atoms with Crippen molar-refractivity contribution in [3.63, 3.8) is 0 Å². The zero-order chi connectivity index (χ0) is 14.8. The molecule has 0 aliphatic rings. The Kier molecular flexibility index (Phi) is 3.94. The first-order chi connectivity index (χ1) is 10.2. The van der Waals surface area contributed by atoms with Gasteiger partial charge in [0.1, 0.15) is 18.2 Å². The zero-order valence-electron chi connectivity index (χ0n) is 11.6. The maximum atomic E-state index is 9.55. The van der Waals surface area contributed by atoms with E-state index in [0.29, 0.717) is 12.4 Å². The van der Waals surface area contributed by atoms with E-state index in [0.717, 1.165) is 26.8 Å². The Labute approximate surface area is 131 Å². The standard InChI is InChI=1S/C16H15BrN2O2/c1-21-15-7-6-12(17)8-11(15)9-19-14-5-3-2-4-13(14)18-16(19)10-20/h2-8,20H,9-10H2,1H3.